The number of sulfonamides is 1. The third kappa shape index (κ3) is 3.39. The van der Waals surface area contributed by atoms with E-state index in [4.69, 9.17) is 4.42 Å². The molecule has 1 amide bonds. The molecular formula is C17H17N3O5S. The van der Waals surface area contributed by atoms with Crippen molar-refractivity contribution in [3.63, 3.8) is 0 Å². The van der Waals surface area contributed by atoms with Crippen LogP contribution in [0.4, 0.5) is 5.69 Å². The number of aromatic nitrogens is 1. The number of anilines is 1. The van der Waals surface area contributed by atoms with E-state index < -0.39 is 21.7 Å². The number of nitrogens with one attached hydrogen (secondary N) is 1. The number of hydrogen-bond donors (Lipinski definition) is 1. The average Bonchev–Trinajstić information content (AvgIpc) is 2.90. The Kier molecular flexibility index (Phi) is 4.66. The Morgan fingerprint density at radius 3 is 2.62 bits per heavy atom. The first-order chi connectivity index (χ1) is 12.3. The lowest BCUT2D eigenvalue weighted by Crippen LogP contribution is -2.25. The molecular weight excluding hydrogens is 358 g/mol. The van der Waals surface area contributed by atoms with Gasteiger partial charge >= 0.3 is 5.76 Å². The Balaban J connectivity index is 1.83. The molecule has 0 aliphatic rings. The zero-order valence-corrected chi connectivity index (χ0v) is 15.0. The van der Waals surface area contributed by atoms with Gasteiger partial charge in [-0.2, -0.15) is 0 Å². The summed E-state index contributed by atoms with van der Waals surface area (Å²) in [5.41, 5.74) is 1.22. The van der Waals surface area contributed by atoms with Crippen LogP contribution in [0.5, 0.6) is 0 Å². The fourth-order valence-corrected chi connectivity index (χ4v) is 3.40. The van der Waals surface area contributed by atoms with Crippen molar-refractivity contribution in [2.24, 2.45) is 0 Å². The standard InChI is InChI=1S/C17H17N3O5S/c1-19(2)26(23,24)13-7-5-6-12(10-13)18-16(21)11-20-14-8-3-4-9-15(14)25-17(20)22/h3-10H,11H2,1-2H3,(H,18,21). The third-order valence-electron chi connectivity index (χ3n) is 3.77. The Labute approximate surface area is 149 Å². The maximum absolute atomic E-state index is 12.3. The first-order valence-corrected chi connectivity index (χ1v) is 9.14. The van der Waals surface area contributed by atoms with Crippen molar-refractivity contribution in [2.75, 3.05) is 19.4 Å². The molecule has 136 valence electrons. The van der Waals surface area contributed by atoms with Crippen molar-refractivity contribution in [2.45, 2.75) is 11.4 Å². The topological polar surface area (TPSA) is 102 Å². The first-order valence-electron chi connectivity index (χ1n) is 7.70. The second kappa shape index (κ2) is 6.77. The van der Waals surface area contributed by atoms with Crippen LogP contribution in [0, 0.1) is 0 Å². The summed E-state index contributed by atoms with van der Waals surface area (Å²) in [7, 11) is -0.754. The Hall–Kier alpha value is -2.91. The molecule has 0 spiro atoms. The van der Waals surface area contributed by atoms with Gasteiger partial charge in [-0.05, 0) is 30.3 Å². The number of carbonyl (C=O) groups is 1. The van der Waals surface area contributed by atoms with Gasteiger partial charge < -0.3 is 9.73 Å². The molecule has 0 saturated carbocycles. The van der Waals surface area contributed by atoms with Gasteiger partial charge in [0.1, 0.15) is 6.54 Å². The van der Waals surface area contributed by atoms with Gasteiger partial charge in [0.15, 0.2) is 5.58 Å². The Morgan fingerprint density at radius 2 is 1.88 bits per heavy atom. The van der Waals surface area contributed by atoms with Crippen molar-refractivity contribution in [3.8, 4) is 0 Å². The number of nitrogens with zero attached hydrogens (tertiary/aromatic N) is 2. The number of hydrogen-bond acceptors (Lipinski definition) is 5. The molecule has 2 aromatic carbocycles. The summed E-state index contributed by atoms with van der Waals surface area (Å²) in [6, 6.07) is 12.7. The number of carbonyl (C=O) groups excluding carboxylic acids is 1. The summed E-state index contributed by atoms with van der Waals surface area (Å²) < 4.78 is 31.7. The third-order valence-corrected chi connectivity index (χ3v) is 5.58. The molecule has 0 bridgehead atoms. The van der Waals surface area contributed by atoms with E-state index in [9.17, 15) is 18.0 Å². The van der Waals surface area contributed by atoms with Gasteiger partial charge in [0.2, 0.25) is 15.9 Å². The van der Waals surface area contributed by atoms with Crippen LogP contribution in [0.15, 0.2) is 62.6 Å². The number of para-hydroxylation sites is 2. The van der Waals surface area contributed by atoms with Crippen molar-refractivity contribution in [1.29, 1.82) is 0 Å². The molecule has 1 aromatic heterocycles. The molecule has 8 nitrogen and oxygen atoms in total. The molecule has 0 aliphatic heterocycles. The minimum Gasteiger partial charge on any atom is -0.408 e. The molecule has 3 rings (SSSR count). The van der Waals surface area contributed by atoms with Gasteiger partial charge in [0.25, 0.3) is 0 Å². The van der Waals surface area contributed by atoms with E-state index in [0.29, 0.717) is 16.8 Å². The number of oxazole rings is 1. The van der Waals surface area contributed by atoms with Crippen LogP contribution in [-0.4, -0.2) is 37.3 Å². The largest absolute Gasteiger partial charge is 0.420 e. The quantitative estimate of drug-likeness (QED) is 0.728. The summed E-state index contributed by atoms with van der Waals surface area (Å²) in [4.78, 5) is 24.3. The van der Waals surface area contributed by atoms with E-state index in [1.165, 1.54) is 36.9 Å². The minimum absolute atomic E-state index is 0.0613. The molecule has 0 fully saturated rings. The van der Waals surface area contributed by atoms with Crippen molar-refractivity contribution < 1.29 is 17.6 Å². The Bertz CT molecular complexity index is 1130. The molecule has 0 unspecified atom stereocenters. The maximum Gasteiger partial charge on any atom is 0.420 e. The number of benzene rings is 2. The van der Waals surface area contributed by atoms with Crippen LogP contribution >= 0.6 is 0 Å². The SMILES string of the molecule is CN(C)S(=O)(=O)c1cccc(NC(=O)Cn2c(=O)oc3ccccc32)c1. The summed E-state index contributed by atoms with van der Waals surface area (Å²) >= 11 is 0. The minimum atomic E-state index is -3.61. The highest BCUT2D eigenvalue weighted by atomic mass is 32.2. The smallest absolute Gasteiger partial charge is 0.408 e. The molecule has 0 saturated heterocycles. The molecule has 0 atom stereocenters. The van der Waals surface area contributed by atoms with Crippen molar-refractivity contribution >= 4 is 32.7 Å². The number of fused-ring (bicyclic) bond motifs is 1. The fraction of sp³-hybridized carbons (Fsp3) is 0.176. The zero-order valence-electron chi connectivity index (χ0n) is 14.2. The lowest BCUT2D eigenvalue weighted by molar-refractivity contribution is -0.116. The zero-order chi connectivity index (χ0) is 18.9. The van der Waals surface area contributed by atoms with Gasteiger partial charge in [0.05, 0.1) is 10.4 Å². The predicted octanol–water partition coefficient (Wildman–Crippen LogP) is 1.48. The molecule has 0 radical (unpaired) electrons. The van der Waals surface area contributed by atoms with Crippen LogP contribution in [0.1, 0.15) is 0 Å². The van der Waals surface area contributed by atoms with E-state index >= 15 is 0 Å². The Morgan fingerprint density at radius 1 is 1.15 bits per heavy atom. The van der Waals surface area contributed by atoms with Crippen LogP contribution in [0.2, 0.25) is 0 Å². The van der Waals surface area contributed by atoms with E-state index in [2.05, 4.69) is 5.32 Å². The lowest BCUT2D eigenvalue weighted by Gasteiger charge is -2.12. The molecule has 3 aromatic rings. The van der Waals surface area contributed by atoms with E-state index in [0.717, 1.165) is 4.31 Å². The summed E-state index contributed by atoms with van der Waals surface area (Å²) in [5.74, 6) is -1.11. The van der Waals surface area contributed by atoms with Crippen LogP contribution < -0.4 is 11.1 Å². The first kappa shape index (κ1) is 17.9. The van der Waals surface area contributed by atoms with E-state index in [1.807, 2.05) is 0 Å². The average molecular weight is 375 g/mol. The van der Waals surface area contributed by atoms with Crippen molar-refractivity contribution in [1.82, 2.24) is 8.87 Å². The number of rotatable bonds is 5. The van der Waals surface area contributed by atoms with Gasteiger partial charge in [-0.1, -0.05) is 18.2 Å². The van der Waals surface area contributed by atoms with Gasteiger partial charge in [0, 0.05) is 19.8 Å². The monoisotopic (exact) mass is 375 g/mol. The van der Waals surface area contributed by atoms with Gasteiger partial charge in [-0.15, -0.1) is 0 Å². The lowest BCUT2D eigenvalue weighted by atomic mass is 10.3. The molecule has 0 aliphatic carbocycles. The predicted molar refractivity (Wildman–Crippen MR) is 96.4 cm³/mol. The summed E-state index contributed by atoms with van der Waals surface area (Å²) in [6.07, 6.45) is 0. The fourth-order valence-electron chi connectivity index (χ4n) is 2.45. The highest BCUT2D eigenvalue weighted by Gasteiger charge is 2.18. The van der Waals surface area contributed by atoms with Crippen LogP contribution in [0.25, 0.3) is 11.1 Å². The normalized spacial score (nSPS) is 11.8. The van der Waals surface area contributed by atoms with Gasteiger partial charge in [-0.25, -0.2) is 17.5 Å². The van der Waals surface area contributed by atoms with Gasteiger partial charge in [-0.3, -0.25) is 9.36 Å². The van der Waals surface area contributed by atoms with E-state index in [-0.39, 0.29) is 11.4 Å². The summed E-state index contributed by atoms with van der Waals surface area (Å²) in [5, 5.41) is 2.60. The highest BCUT2D eigenvalue weighted by molar-refractivity contribution is 7.89. The summed E-state index contributed by atoms with van der Waals surface area (Å²) in [6.45, 7) is -0.249. The number of amides is 1. The van der Waals surface area contributed by atoms with Crippen molar-refractivity contribution in [3.05, 3.63) is 59.1 Å². The molecule has 26 heavy (non-hydrogen) atoms. The van der Waals surface area contributed by atoms with E-state index in [1.54, 1.807) is 30.3 Å². The molecule has 9 heteroatoms. The highest BCUT2D eigenvalue weighted by Crippen LogP contribution is 2.18. The van der Waals surface area contributed by atoms with Crippen LogP contribution in [0.3, 0.4) is 0 Å². The molecule has 1 heterocycles. The second-order valence-corrected chi connectivity index (χ2v) is 7.94. The molecule has 1 N–H and O–H groups in total. The van der Waals surface area contributed by atoms with Crippen LogP contribution in [-0.2, 0) is 21.4 Å². The second-order valence-electron chi connectivity index (χ2n) is 5.79. The maximum atomic E-state index is 12.3.